The first-order valence-corrected chi connectivity index (χ1v) is 10.4. The molecule has 1 N–H and O–H groups in total. The van der Waals surface area contributed by atoms with Gasteiger partial charge in [-0.3, -0.25) is 9.36 Å². The fourth-order valence-electron chi connectivity index (χ4n) is 3.90. The minimum atomic E-state index is -0.486. The van der Waals surface area contributed by atoms with Gasteiger partial charge in [0.2, 0.25) is 5.91 Å². The average molecular weight is 441 g/mol. The topological polar surface area (TPSA) is 81.3 Å². The second-order valence-corrected chi connectivity index (χ2v) is 7.93. The first kappa shape index (κ1) is 20.6. The summed E-state index contributed by atoms with van der Waals surface area (Å²) in [6.45, 7) is 3.72. The molecule has 3 aromatic carbocycles. The zero-order chi connectivity index (χ0) is 23.1. The number of nitrogens with one attached hydrogen (secondary N) is 1. The highest BCUT2D eigenvalue weighted by molar-refractivity contribution is 5.95. The molecule has 2 aromatic heterocycles. The van der Waals surface area contributed by atoms with Crippen molar-refractivity contribution in [2.45, 2.75) is 20.4 Å². The minimum Gasteiger partial charge on any atom is -0.324 e. The van der Waals surface area contributed by atoms with E-state index in [0.29, 0.717) is 33.6 Å². The lowest BCUT2D eigenvalue weighted by molar-refractivity contribution is -0.116. The molecule has 0 atom stereocenters. The second kappa shape index (κ2) is 7.98. The Bertz CT molecular complexity index is 1590. The van der Waals surface area contributed by atoms with Gasteiger partial charge >= 0.3 is 5.69 Å². The Hall–Kier alpha value is -4.33. The third-order valence-corrected chi connectivity index (χ3v) is 5.52. The number of carbonyl (C=O) groups excluding carboxylic acids is 1. The van der Waals surface area contributed by atoms with Crippen molar-refractivity contribution in [1.82, 2.24) is 19.2 Å². The summed E-state index contributed by atoms with van der Waals surface area (Å²) in [7, 11) is 0. The normalized spacial score (nSPS) is 11.2. The zero-order valence-electron chi connectivity index (χ0n) is 18.0. The molecule has 0 aliphatic carbocycles. The van der Waals surface area contributed by atoms with E-state index in [-0.39, 0.29) is 18.3 Å². The third kappa shape index (κ3) is 3.76. The van der Waals surface area contributed by atoms with Crippen LogP contribution < -0.4 is 11.0 Å². The van der Waals surface area contributed by atoms with Crippen molar-refractivity contribution < 1.29 is 9.18 Å². The smallest absolute Gasteiger partial charge is 0.324 e. The predicted octanol–water partition coefficient (Wildman–Crippen LogP) is 4.11. The van der Waals surface area contributed by atoms with Crippen LogP contribution >= 0.6 is 0 Å². The van der Waals surface area contributed by atoms with E-state index in [9.17, 15) is 14.0 Å². The molecule has 0 spiro atoms. The Morgan fingerprint density at radius 2 is 1.79 bits per heavy atom. The van der Waals surface area contributed by atoms with Crippen molar-refractivity contribution in [2.24, 2.45) is 0 Å². The number of hydrogen-bond donors (Lipinski definition) is 1. The molecule has 0 fully saturated rings. The number of amides is 1. The molecule has 1 amide bonds. The zero-order valence-corrected chi connectivity index (χ0v) is 18.0. The minimum absolute atomic E-state index is 0.186. The van der Waals surface area contributed by atoms with Gasteiger partial charge in [-0.15, -0.1) is 5.10 Å². The summed E-state index contributed by atoms with van der Waals surface area (Å²) in [6.07, 6.45) is 0. The van der Waals surface area contributed by atoms with Gasteiger partial charge < -0.3 is 5.32 Å². The number of nitrogens with zero attached hydrogens (tertiary/aromatic N) is 4. The largest absolute Gasteiger partial charge is 0.351 e. The van der Waals surface area contributed by atoms with E-state index in [1.807, 2.05) is 44.2 Å². The van der Waals surface area contributed by atoms with E-state index in [0.717, 1.165) is 11.1 Å². The molecule has 0 aliphatic heterocycles. The van der Waals surface area contributed by atoms with E-state index in [1.165, 1.54) is 21.2 Å². The summed E-state index contributed by atoms with van der Waals surface area (Å²) >= 11 is 0. The fraction of sp³-hybridized carbons (Fsp3) is 0.120. The van der Waals surface area contributed by atoms with Gasteiger partial charge in [-0.05, 0) is 61.9 Å². The number of carbonyl (C=O) groups is 1. The summed E-state index contributed by atoms with van der Waals surface area (Å²) in [6, 6.07) is 18.7. The number of para-hydroxylation sites is 1. The summed E-state index contributed by atoms with van der Waals surface area (Å²) in [4.78, 5) is 30.7. The van der Waals surface area contributed by atoms with Gasteiger partial charge in [0.05, 0.1) is 5.52 Å². The van der Waals surface area contributed by atoms with Gasteiger partial charge in [0.1, 0.15) is 12.4 Å². The summed E-state index contributed by atoms with van der Waals surface area (Å²) < 4.78 is 15.9. The highest BCUT2D eigenvalue weighted by Gasteiger charge is 2.17. The third-order valence-electron chi connectivity index (χ3n) is 5.52. The van der Waals surface area contributed by atoms with E-state index < -0.39 is 5.69 Å². The molecule has 0 unspecified atom stereocenters. The number of fused-ring (bicyclic) bond motifs is 3. The molecular weight excluding hydrogens is 421 g/mol. The molecule has 0 saturated carbocycles. The molecule has 5 rings (SSSR count). The maximum atomic E-state index is 13.3. The first-order chi connectivity index (χ1) is 15.9. The SMILES string of the molecule is Cc1ccc(NC(=O)Cn2c(=O)n3nc(-c4ccc(F)cc4)nc3c3ccccc32)c(C)c1. The number of aromatic nitrogens is 4. The van der Waals surface area contributed by atoms with Crippen molar-refractivity contribution in [1.29, 1.82) is 0 Å². The van der Waals surface area contributed by atoms with E-state index in [2.05, 4.69) is 15.4 Å². The standard InChI is InChI=1S/C25H20FN5O2/c1-15-7-12-20(16(2)13-15)27-22(32)14-30-21-6-4-3-5-19(21)24-28-23(29-31(24)25(30)33)17-8-10-18(26)11-9-17/h3-13H,14H2,1-2H3,(H,27,32). The summed E-state index contributed by atoms with van der Waals surface area (Å²) in [5.41, 5.74) is 3.79. The summed E-state index contributed by atoms with van der Waals surface area (Å²) in [5, 5.41) is 7.92. The van der Waals surface area contributed by atoms with Crippen LogP contribution in [0.25, 0.3) is 27.9 Å². The number of hydrogen-bond acceptors (Lipinski definition) is 4. The van der Waals surface area contributed by atoms with Crippen LogP contribution in [-0.4, -0.2) is 25.1 Å². The maximum Gasteiger partial charge on any atom is 0.351 e. The van der Waals surface area contributed by atoms with Gasteiger partial charge in [-0.1, -0.05) is 29.8 Å². The number of rotatable bonds is 4. The Balaban J connectivity index is 1.59. The van der Waals surface area contributed by atoms with Gasteiger partial charge in [0.25, 0.3) is 0 Å². The Kier molecular flexibility index (Phi) is 4.97. The predicted molar refractivity (Wildman–Crippen MR) is 125 cm³/mol. The summed E-state index contributed by atoms with van der Waals surface area (Å²) in [5.74, 6) is -0.396. The lowest BCUT2D eigenvalue weighted by atomic mass is 10.1. The molecule has 0 radical (unpaired) electrons. The van der Waals surface area contributed by atoms with E-state index >= 15 is 0 Å². The lowest BCUT2D eigenvalue weighted by Crippen LogP contribution is -2.32. The molecule has 7 nitrogen and oxygen atoms in total. The van der Waals surface area contributed by atoms with Crippen LogP contribution in [0.1, 0.15) is 11.1 Å². The first-order valence-electron chi connectivity index (χ1n) is 10.4. The molecular formula is C25H20FN5O2. The molecule has 0 bridgehead atoms. The van der Waals surface area contributed by atoms with Gasteiger partial charge in [0.15, 0.2) is 11.5 Å². The molecule has 0 saturated heterocycles. The number of halogens is 1. The van der Waals surface area contributed by atoms with Gasteiger partial charge in [0, 0.05) is 16.6 Å². The molecule has 164 valence electrons. The van der Waals surface area contributed by atoms with Crippen molar-refractivity contribution >= 4 is 28.1 Å². The molecule has 2 heterocycles. The Morgan fingerprint density at radius 3 is 2.55 bits per heavy atom. The highest BCUT2D eigenvalue weighted by Crippen LogP contribution is 2.22. The van der Waals surface area contributed by atoms with Crippen LogP contribution in [0.4, 0.5) is 10.1 Å². The average Bonchev–Trinajstić information content (AvgIpc) is 3.25. The highest BCUT2D eigenvalue weighted by atomic mass is 19.1. The van der Waals surface area contributed by atoms with Crippen LogP contribution in [0.2, 0.25) is 0 Å². The lowest BCUT2D eigenvalue weighted by Gasteiger charge is -2.12. The van der Waals surface area contributed by atoms with Crippen LogP contribution in [0.15, 0.2) is 71.5 Å². The number of aryl methyl sites for hydroxylation is 2. The van der Waals surface area contributed by atoms with Gasteiger partial charge in [-0.2, -0.15) is 4.52 Å². The molecule has 33 heavy (non-hydrogen) atoms. The number of anilines is 1. The van der Waals surface area contributed by atoms with Crippen LogP contribution in [0, 0.1) is 19.7 Å². The van der Waals surface area contributed by atoms with Crippen LogP contribution in [0.3, 0.4) is 0 Å². The van der Waals surface area contributed by atoms with Crippen molar-refractivity contribution in [3.63, 3.8) is 0 Å². The van der Waals surface area contributed by atoms with Crippen molar-refractivity contribution in [3.05, 3.63) is 94.2 Å². The van der Waals surface area contributed by atoms with Crippen molar-refractivity contribution in [2.75, 3.05) is 5.32 Å². The monoisotopic (exact) mass is 441 g/mol. The fourth-order valence-corrected chi connectivity index (χ4v) is 3.90. The second-order valence-electron chi connectivity index (χ2n) is 7.93. The Morgan fingerprint density at radius 1 is 1.03 bits per heavy atom. The Labute approximate surface area is 188 Å². The van der Waals surface area contributed by atoms with Crippen LogP contribution in [0.5, 0.6) is 0 Å². The van der Waals surface area contributed by atoms with Gasteiger partial charge in [-0.25, -0.2) is 14.2 Å². The van der Waals surface area contributed by atoms with E-state index in [4.69, 9.17) is 0 Å². The maximum absolute atomic E-state index is 13.3. The molecule has 5 aromatic rings. The van der Waals surface area contributed by atoms with E-state index in [1.54, 1.807) is 24.3 Å². The van der Waals surface area contributed by atoms with Crippen molar-refractivity contribution in [3.8, 4) is 11.4 Å². The quantitative estimate of drug-likeness (QED) is 0.455. The molecule has 0 aliphatic rings. The molecule has 8 heteroatoms. The number of benzene rings is 3. The van der Waals surface area contributed by atoms with Crippen LogP contribution in [-0.2, 0) is 11.3 Å².